The van der Waals surface area contributed by atoms with Crippen LogP contribution in [0.5, 0.6) is 0 Å². The van der Waals surface area contributed by atoms with Crippen molar-refractivity contribution < 1.29 is 19.4 Å². The molecule has 0 atom stereocenters. The van der Waals surface area contributed by atoms with Gasteiger partial charge in [0.25, 0.3) is 0 Å². The molecule has 4 heteroatoms. The molecule has 0 aromatic heterocycles. The average Bonchev–Trinajstić information content (AvgIpc) is 2.46. The van der Waals surface area contributed by atoms with Gasteiger partial charge in [0.05, 0.1) is 11.1 Å². The maximum Gasteiger partial charge on any atom is 0.386 e. The molecule has 0 aliphatic rings. The quantitative estimate of drug-likeness (QED) is 0.613. The van der Waals surface area contributed by atoms with E-state index in [1.54, 1.807) is 60.7 Å². The van der Waals surface area contributed by atoms with Gasteiger partial charge in [-0.25, -0.2) is 19.4 Å². The zero-order valence-electron chi connectivity index (χ0n) is 9.41. The first-order valence-corrected chi connectivity index (χ1v) is 5.30. The second-order valence-electron chi connectivity index (χ2n) is 3.47. The predicted octanol–water partition coefficient (Wildman–Crippen LogP) is 3.25. The van der Waals surface area contributed by atoms with Crippen molar-refractivity contribution in [3.8, 4) is 0 Å². The Kier molecular flexibility index (Phi) is 5.29. The molecule has 0 spiro atoms. The molecule has 2 aromatic carbocycles. The number of benzene rings is 2. The van der Waals surface area contributed by atoms with Gasteiger partial charge in [-0.3, -0.25) is 0 Å². The highest BCUT2D eigenvalue weighted by atomic mass is 17.2. The van der Waals surface area contributed by atoms with Crippen molar-refractivity contribution in [2.24, 2.45) is 0 Å². The number of carbonyl (C=O) groups is 2. The summed E-state index contributed by atoms with van der Waals surface area (Å²) in [5, 5.41) is 0. The summed E-state index contributed by atoms with van der Waals surface area (Å²) in [7, 11) is 0. The molecule has 0 saturated heterocycles. The Bertz CT molecular complexity index is 483. The molecule has 0 bridgehead atoms. The van der Waals surface area contributed by atoms with Crippen molar-refractivity contribution in [1.29, 1.82) is 0 Å². The second kappa shape index (κ2) is 6.96. The lowest BCUT2D eigenvalue weighted by molar-refractivity contribution is -0.187. The largest absolute Gasteiger partial charge is 0.386 e. The Labute approximate surface area is 111 Å². The highest BCUT2D eigenvalue weighted by Gasteiger charge is 2.12. The number of hydrogen-bond donors (Lipinski definition) is 0. The van der Waals surface area contributed by atoms with Crippen LogP contribution in [0.2, 0.25) is 0 Å². The highest BCUT2D eigenvalue weighted by Crippen LogP contribution is 2.05. The zero-order valence-corrected chi connectivity index (χ0v) is 9.41. The summed E-state index contributed by atoms with van der Waals surface area (Å²) in [6, 6.07) is 16.6. The summed E-state index contributed by atoms with van der Waals surface area (Å²) < 4.78 is 0. The second-order valence-corrected chi connectivity index (χ2v) is 3.47. The van der Waals surface area contributed by atoms with Gasteiger partial charge in [0.2, 0.25) is 0 Å². The molecule has 0 amide bonds. The molecular weight excluding hydrogens is 244 g/mol. The van der Waals surface area contributed by atoms with Crippen molar-refractivity contribution in [3.05, 3.63) is 71.8 Å². The fourth-order valence-corrected chi connectivity index (χ4v) is 1.32. The van der Waals surface area contributed by atoms with E-state index in [-0.39, 0.29) is 7.43 Å². The van der Waals surface area contributed by atoms with Gasteiger partial charge in [0, 0.05) is 0 Å². The summed E-state index contributed by atoms with van der Waals surface area (Å²) in [4.78, 5) is 31.9. The van der Waals surface area contributed by atoms with E-state index in [9.17, 15) is 9.59 Å². The van der Waals surface area contributed by atoms with Gasteiger partial charge in [-0.2, -0.15) is 0 Å². The average molecular weight is 258 g/mol. The van der Waals surface area contributed by atoms with Crippen LogP contribution >= 0.6 is 0 Å². The molecule has 4 nitrogen and oxygen atoms in total. The minimum absolute atomic E-state index is 0. The van der Waals surface area contributed by atoms with Crippen LogP contribution in [-0.2, 0) is 9.78 Å². The summed E-state index contributed by atoms with van der Waals surface area (Å²) >= 11 is 0. The van der Waals surface area contributed by atoms with Gasteiger partial charge in [0.15, 0.2) is 0 Å². The third kappa shape index (κ3) is 3.96. The molecule has 0 aliphatic carbocycles. The third-order valence-corrected chi connectivity index (χ3v) is 2.21. The van der Waals surface area contributed by atoms with E-state index in [0.29, 0.717) is 11.1 Å². The van der Waals surface area contributed by atoms with Crippen molar-refractivity contribution in [2.45, 2.75) is 7.43 Å². The van der Waals surface area contributed by atoms with Crippen LogP contribution in [0.1, 0.15) is 28.1 Å². The minimum atomic E-state index is -0.708. The van der Waals surface area contributed by atoms with Crippen molar-refractivity contribution >= 4 is 11.9 Å². The molecule has 98 valence electrons. The smallest absolute Gasteiger partial charge is 0.242 e. The van der Waals surface area contributed by atoms with E-state index in [2.05, 4.69) is 9.78 Å². The molecule has 0 aliphatic heterocycles. The zero-order chi connectivity index (χ0) is 12.8. The van der Waals surface area contributed by atoms with Crippen molar-refractivity contribution in [1.82, 2.24) is 0 Å². The van der Waals surface area contributed by atoms with E-state index in [0.717, 1.165) is 0 Å². The predicted molar refractivity (Wildman–Crippen MR) is 70.4 cm³/mol. The lowest BCUT2D eigenvalue weighted by atomic mass is 10.2. The summed E-state index contributed by atoms with van der Waals surface area (Å²) in [5.74, 6) is -1.42. The fourth-order valence-electron chi connectivity index (χ4n) is 1.32. The van der Waals surface area contributed by atoms with E-state index in [1.165, 1.54) is 0 Å². The van der Waals surface area contributed by atoms with Gasteiger partial charge in [-0.1, -0.05) is 43.8 Å². The number of rotatable bonds is 2. The molecule has 2 aromatic rings. The molecular formula is C15H14O4. The first-order chi connectivity index (χ1) is 8.77. The third-order valence-electron chi connectivity index (χ3n) is 2.21. The first-order valence-electron chi connectivity index (χ1n) is 5.30. The van der Waals surface area contributed by atoms with Crippen molar-refractivity contribution in [3.63, 3.8) is 0 Å². The molecule has 0 N–H and O–H groups in total. The van der Waals surface area contributed by atoms with Gasteiger partial charge in [-0.15, -0.1) is 0 Å². The number of carbonyl (C=O) groups excluding carboxylic acids is 2. The van der Waals surface area contributed by atoms with E-state index in [4.69, 9.17) is 0 Å². The Balaban J connectivity index is 0.00000180. The summed E-state index contributed by atoms with van der Waals surface area (Å²) in [6.45, 7) is 0. The Hall–Kier alpha value is -2.62. The lowest BCUT2D eigenvalue weighted by Gasteiger charge is -2.02. The van der Waals surface area contributed by atoms with Gasteiger partial charge >= 0.3 is 11.9 Å². The Morgan fingerprint density at radius 2 is 0.947 bits per heavy atom. The van der Waals surface area contributed by atoms with Crippen LogP contribution in [0.25, 0.3) is 0 Å². The van der Waals surface area contributed by atoms with Gasteiger partial charge < -0.3 is 0 Å². The SMILES string of the molecule is C.O=C(OOC(=O)c1ccccc1)c1ccccc1. The fraction of sp³-hybridized carbons (Fsp3) is 0.0667. The maximum atomic E-state index is 11.5. The normalized spacial score (nSPS) is 9.05. The van der Waals surface area contributed by atoms with Gasteiger partial charge in [-0.05, 0) is 24.3 Å². The Morgan fingerprint density at radius 3 is 1.26 bits per heavy atom. The van der Waals surface area contributed by atoms with Crippen LogP contribution in [0, 0.1) is 0 Å². The molecule has 0 unspecified atom stereocenters. The molecule has 19 heavy (non-hydrogen) atoms. The van der Waals surface area contributed by atoms with Crippen LogP contribution in [0.3, 0.4) is 0 Å². The molecule has 2 rings (SSSR count). The van der Waals surface area contributed by atoms with Crippen LogP contribution in [0.4, 0.5) is 0 Å². The van der Waals surface area contributed by atoms with Crippen LogP contribution in [-0.4, -0.2) is 11.9 Å². The molecule has 0 radical (unpaired) electrons. The standard InChI is InChI=1S/C14H10O4.CH4/c15-13(11-7-3-1-4-8-11)17-18-14(16)12-9-5-2-6-10-12;/h1-10H;1H4. The maximum absolute atomic E-state index is 11.5. The molecule has 0 fully saturated rings. The van der Waals surface area contributed by atoms with Crippen molar-refractivity contribution in [2.75, 3.05) is 0 Å². The molecule has 0 heterocycles. The van der Waals surface area contributed by atoms with E-state index >= 15 is 0 Å². The number of hydrogen-bond acceptors (Lipinski definition) is 4. The molecule has 0 saturated carbocycles. The van der Waals surface area contributed by atoms with Crippen LogP contribution in [0.15, 0.2) is 60.7 Å². The monoisotopic (exact) mass is 258 g/mol. The summed E-state index contributed by atoms with van der Waals surface area (Å²) in [6.07, 6.45) is 0. The van der Waals surface area contributed by atoms with E-state index in [1.807, 2.05) is 0 Å². The minimum Gasteiger partial charge on any atom is -0.242 e. The van der Waals surface area contributed by atoms with E-state index < -0.39 is 11.9 Å². The Morgan fingerprint density at radius 1 is 0.632 bits per heavy atom. The topological polar surface area (TPSA) is 52.6 Å². The summed E-state index contributed by atoms with van der Waals surface area (Å²) in [5.41, 5.74) is 0.636. The highest BCUT2D eigenvalue weighted by molar-refractivity contribution is 5.92. The lowest BCUT2D eigenvalue weighted by Crippen LogP contribution is -2.11. The van der Waals surface area contributed by atoms with Crippen LogP contribution < -0.4 is 0 Å². The first kappa shape index (κ1) is 14.4. The van der Waals surface area contributed by atoms with Gasteiger partial charge in [0.1, 0.15) is 0 Å².